The lowest BCUT2D eigenvalue weighted by molar-refractivity contribution is -0.112. The van der Waals surface area contributed by atoms with Crippen LogP contribution in [0, 0.1) is 5.82 Å². The first-order chi connectivity index (χ1) is 15.1. The summed E-state index contributed by atoms with van der Waals surface area (Å²) in [5.41, 5.74) is 8.56. The highest BCUT2D eigenvalue weighted by Crippen LogP contribution is 2.25. The lowest BCUT2D eigenvalue weighted by Crippen LogP contribution is -2.13. The fourth-order valence-electron chi connectivity index (χ4n) is 2.93. The SMILES string of the molecule is C=Nc1ccccc1/C=C\CCOc1ccc(/C(=C\c2ccncc2)C(N)=O)cc1F. The highest BCUT2D eigenvalue weighted by Gasteiger charge is 2.12. The lowest BCUT2D eigenvalue weighted by Gasteiger charge is -2.09. The van der Waals surface area contributed by atoms with E-state index in [0.29, 0.717) is 18.6 Å². The third kappa shape index (κ3) is 5.96. The van der Waals surface area contributed by atoms with Crippen LogP contribution in [-0.4, -0.2) is 24.2 Å². The molecule has 0 aliphatic heterocycles. The second kappa shape index (κ2) is 10.6. The zero-order valence-corrected chi connectivity index (χ0v) is 16.9. The molecule has 1 aromatic heterocycles. The molecule has 0 saturated heterocycles. The van der Waals surface area contributed by atoms with Gasteiger partial charge in [0.05, 0.1) is 12.3 Å². The fourth-order valence-corrected chi connectivity index (χ4v) is 2.93. The quantitative estimate of drug-likeness (QED) is 0.301. The zero-order chi connectivity index (χ0) is 22.1. The normalized spacial score (nSPS) is 11.5. The number of nitrogens with zero attached hydrogens (tertiary/aromatic N) is 2. The van der Waals surface area contributed by atoms with Gasteiger partial charge in [0.15, 0.2) is 11.6 Å². The van der Waals surface area contributed by atoms with E-state index in [-0.39, 0.29) is 11.3 Å². The Morgan fingerprint density at radius 3 is 2.65 bits per heavy atom. The number of benzene rings is 2. The Morgan fingerprint density at radius 2 is 1.94 bits per heavy atom. The van der Waals surface area contributed by atoms with E-state index < -0.39 is 11.7 Å². The van der Waals surface area contributed by atoms with Crippen LogP contribution in [0.25, 0.3) is 17.7 Å². The van der Waals surface area contributed by atoms with E-state index >= 15 is 0 Å². The van der Waals surface area contributed by atoms with Gasteiger partial charge in [0.1, 0.15) is 0 Å². The summed E-state index contributed by atoms with van der Waals surface area (Å²) in [4.78, 5) is 19.8. The predicted octanol–water partition coefficient (Wildman–Crippen LogP) is 5.06. The van der Waals surface area contributed by atoms with Crippen molar-refractivity contribution in [3.05, 3.63) is 95.6 Å². The molecule has 0 aliphatic carbocycles. The van der Waals surface area contributed by atoms with E-state index in [4.69, 9.17) is 10.5 Å². The van der Waals surface area contributed by atoms with Crippen LogP contribution in [0.1, 0.15) is 23.1 Å². The van der Waals surface area contributed by atoms with Crippen molar-refractivity contribution in [1.82, 2.24) is 4.98 Å². The maximum absolute atomic E-state index is 14.5. The zero-order valence-electron chi connectivity index (χ0n) is 16.9. The van der Waals surface area contributed by atoms with Gasteiger partial charge in [0.25, 0.3) is 0 Å². The van der Waals surface area contributed by atoms with Gasteiger partial charge in [-0.05, 0) is 66.2 Å². The summed E-state index contributed by atoms with van der Waals surface area (Å²) in [6.07, 6.45) is 9.24. The Hall–Kier alpha value is -4.06. The van der Waals surface area contributed by atoms with E-state index in [2.05, 4.69) is 16.7 Å². The van der Waals surface area contributed by atoms with Gasteiger partial charge in [0, 0.05) is 18.0 Å². The number of aliphatic imine (C=N–C) groups is 1. The van der Waals surface area contributed by atoms with Gasteiger partial charge in [-0.2, -0.15) is 0 Å². The summed E-state index contributed by atoms with van der Waals surface area (Å²) < 4.78 is 20.1. The van der Waals surface area contributed by atoms with Gasteiger partial charge in [-0.15, -0.1) is 0 Å². The molecule has 2 N–H and O–H groups in total. The summed E-state index contributed by atoms with van der Waals surface area (Å²) in [5, 5.41) is 0. The average Bonchev–Trinajstić information content (AvgIpc) is 2.79. The van der Waals surface area contributed by atoms with E-state index in [0.717, 1.165) is 16.8 Å². The minimum atomic E-state index is -0.649. The Balaban J connectivity index is 1.65. The average molecular weight is 415 g/mol. The maximum Gasteiger partial charge on any atom is 0.249 e. The summed E-state index contributed by atoms with van der Waals surface area (Å²) >= 11 is 0. The van der Waals surface area contributed by atoms with Crippen LogP contribution in [0.2, 0.25) is 0 Å². The summed E-state index contributed by atoms with van der Waals surface area (Å²) in [6.45, 7) is 3.85. The molecule has 3 rings (SSSR count). The Kier molecular flexibility index (Phi) is 7.43. The Labute approximate surface area is 180 Å². The molecule has 5 nitrogen and oxygen atoms in total. The number of nitrogens with two attached hydrogens (primary N) is 1. The second-order valence-corrected chi connectivity index (χ2v) is 6.60. The minimum Gasteiger partial charge on any atom is -0.490 e. The summed E-state index contributed by atoms with van der Waals surface area (Å²) in [5.74, 6) is -1.10. The molecular formula is C25H22FN3O2. The standard InChI is InChI=1S/C25H22FN3O2/c1-28-23-8-3-2-6-19(23)7-4-5-15-31-24-10-9-20(17-22(24)26)21(25(27)30)16-18-11-13-29-14-12-18/h2-4,6-14,16-17H,1,5,15H2,(H2,27,30)/b7-4-,21-16+. The maximum atomic E-state index is 14.5. The van der Waals surface area contributed by atoms with Crippen molar-refractivity contribution in [3.8, 4) is 5.75 Å². The first-order valence-electron chi connectivity index (χ1n) is 9.65. The van der Waals surface area contributed by atoms with Gasteiger partial charge in [-0.25, -0.2) is 4.39 Å². The molecule has 1 heterocycles. The molecule has 0 radical (unpaired) electrons. The molecule has 0 aliphatic rings. The van der Waals surface area contributed by atoms with Crippen molar-refractivity contribution < 1.29 is 13.9 Å². The van der Waals surface area contributed by atoms with Gasteiger partial charge in [-0.3, -0.25) is 14.8 Å². The van der Waals surface area contributed by atoms with Crippen molar-refractivity contribution in [1.29, 1.82) is 0 Å². The van der Waals surface area contributed by atoms with Crippen LogP contribution < -0.4 is 10.5 Å². The van der Waals surface area contributed by atoms with Crippen molar-refractivity contribution in [3.63, 3.8) is 0 Å². The highest BCUT2D eigenvalue weighted by molar-refractivity contribution is 6.23. The molecule has 0 unspecified atom stereocenters. The van der Waals surface area contributed by atoms with E-state index in [1.54, 1.807) is 36.7 Å². The second-order valence-electron chi connectivity index (χ2n) is 6.60. The van der Waals surface area contributed by atoms with Crippen LogP contribution in [0.5, 0.6) is 5.75 Å². The number of aromatic nitrogens is 1. The van der Waals surface area contributed by atoms with Crippen LogP contribution >= 0.6 is 0 Å². The van der Waals surface area contributed by atoms with Crippen LogP contribution in [0.4, 0.5) is 10.1 Å². The fraction of sp³-hybridized carbons (Fsp3) is 0.0800. The third-order valence-corrected chi connectivity index (χ3v) is 4.47. The summed E-state index contributed by atoms with van der Waals surface area (Å²) in [7, 11) is 0. The van der Waals surface area contributed by atoms with E-state index in [9.17, 15) is 9.18 Å². The minimum absolute atomic E-state index is 0.109. The molecule has 0 bridgehead atoms. The highest BCUT2D eigenvalue weighted by atomic mass is 19.1. The lowest BCUT2D eigenvalue weighted by atomic mass is 10.0. The Bertz CT molecular complexity index is 1120. The molecule has 3 aromatic rings. The molecule has 0 spiro atoms. The molecule has 1 amide bonds. The smallest absolute Gasteiger partial charge is 0.249 e. The third-order valence-electron chi connectivity index (χ3n) is 4.47. The molecule has 31 heavy (non-hydrogen) atoms. The molecule has 0 saturated carbocycles. The molecule has 2 aromatic carbocycles. The van der Waals surface area contributed by atoms with Gasteiger partial charge < -0.3 is 10.5 Å². The van der Waals surface area contributed by atoms with E-state index in [1.165, 1.54) is 12.1 Å². The van der Waals surface area contributed by atoms with Crippen molar-refractivity contribution >= 4 is 36.0 Å². The van der Waals surface area contributed by atoms with Gasteiger partial charge in [0.2, 0.25) is 5.91 Å². The number of halogens is 1. The molecular weight excluding hydrogens is 393 g/mol. The van der Waals surface area contributed by atoms with E-state index in [1.807, 2.05) is 36.4 Å². The van der Waals surface area contributed by atoms with Crippen LogP contribution in [0.3, 0.4) is 0 Å². The van der Waals surface area contributed by atoms with Crippen LogP contribution in [-0.2, 0) is 4.79 Å². The first-order valence-corrected chi connectivity index (χ1v) is 9.65. The number of carbonyl (C=O) groups is 1. The molecule has 156 valence electrons. The summed E-state index contributed by atoms with van der Waals surface area (Å²) in [6, 6.07) is 15.4. The number of rotatable bonds is 9. The molecule has 0 fully saturated rings. The van der Waals surface area contributed by atoms with Crippen molar-refractivity contribution in [2.45, 2.75) is 6.42 Å². The number of pyridine rings is 1. The van der Waals surface area contributed by atoms with Crippen molar-refractivity contribution in [2.24, 2.45) is 10.7 Å². The van der Waals surface area contributed by atoms with Gasteiger partial charge in [-0.1, -0.05) is 36.4 Å². The number of para-hydroxylation sites is 1. The molecule has 6 heteroatoms. The molecule has 0 atom stereocenters. The number of primary amides is 1. The number of hydrogen-bond acceptors (Lipinski definition) is 4. The number of carbonyl (C=O) groups excluding carboxylic acids is 1. The van der Waals surface area contributed by atoms with Gasteiger partial charge >= 0.3 is 0 Å². The Morgan fingerprint density at radius 1 is 1.16 bits per heavy atom. The topological polar surface area (TPSA) is 77.6 Å². The van der Waals surface area contributed by atoms with Crippen LogP contribution in [0.15, 0.2) is 78.1 Å². The monoisotopic (exact) mass is 415 g/mol. The first kappa shape index (κ1) is 21.6. The van der Waals surface area contributed by atoms with Crippen molar-refractivity contribution in [2.75, 3.05) is 6.61 Å². The predicted molar refractivity (Wildman–Crippen MR) is 122 cm³/mol. The largest absolute Gasteiger partial charge is 0.490 e. The number of hydrogen-bond donors (Lipinski definition) is 1. The number of amides is 1. The number of ether oxygens (including phenoxy) is 1.